The first kappa shape index (κ1) is 14.2. The van der Waals surface area contributed by atoms with Gasteiger partial charge in [-0.15, -0.1) is 10.2 Å². The van der Waals surface area contributed by atoms with Crippen molar-refractivity contribution < 1.29 is 0 Å². The molecule has 1 saturated carbocycles. The normalized spacial score (nSPS) is 14.4. The van der Waals surface area contributed by atoms with Crippen molar-refractivity contribution in [3.8, 4) is 6.07 Å². The molecule has 4 nitrogen and oxygen atoms in total. The molecule has 1 fully saturated rings. The third kappa shape index (κ3) is 3.11. The van der Waals surface area contributed by atoms with Gasteiger partial charge in [-0.3, -0.25) is 0 Å². The van der Waals surface area contributed by atoms with Gasteiger partial charge in [-0.2, -0.15) is 5.26 Å². The van der Waals surface area contributed by atoms with E-state index in [0.717, 1.165) is 16.7 Å². The molecule has 1 heterocycles. The average Bonchev–Trinajstić information content (AvgIpc) is 3.25. The monoisotopic (exact) mass is 298 g/mol. The first-order valence-electron chi connectivity index (χ1n) is 7.25. The van der Waals surface area contributed by atoms with E-state index in [-0.39, 0.29) is 0 Å². The van der Waals surface area contributed by atoms with Gasteiger partial charge in [0.15, 0.2) is 5.16 Å². The predicted molar refractivity (Wildman–Crippen MR) is 83.1 cm³/mol. The summed E-state index contributed by atoms with van der Waals surface area (Å²) in [7, 11) is 0. The number of benzene rings is 1. The first-order valence-corrected chi connectivity index (χ1v) is 8.24. The number of aromatic nitrogens is 3. The molecule has 0 N–H and O–H groups in total. The van der Waals surface area contributed by atoms with Gasteiger partial charge in [-0.05, 0) is 30.5 Å². The molecule has 21 heavy (non-hydrogen) atoms. The molecular weight excluding hydrogens is 280 g/mol. The second kappa shape index (κ2) is 5.90. The van der Waals surface area contributed by atoms with Crippen molar-refractivity contribution in [3.63, 3.8) is 0 Å². The van der Waals surface area contributed by atoms with Crippen LogP contribution in [0.25, 0.3) is 0 Å². The highest BCUT2D eigenvalue weighted by molar-refractivity contribution is 7.98. The van der Waals surface area contributed by atoms with E-state index in [1.54, 1.807) is 11.8 Å². The van der Waals surface area contributed by atoms with Crippen LogP contribution in [0, 0.1) is 11.3 Å². The minimum atomic E-state index is 0.405. The lowest BCUT2D eigenvalue weighted by atomic mass is 10.2. The Balaban J connectivity index is 1.74. The largest absolute Gasteiger partial charge is 0.303 e. The van der Waals surface area contributed by atoms with Crippen molar-refractivity contribution in [2.45, 2.75) is 49.6 Å². The molecule has 1 aliphatic carbocycles. The molecule has 0 aliphatic heterocycles. The Morgan fingerprint density at radius 2 is 2.00 bits per heavy atom. The van der Waals surface area contributed by atoms with Gasteiger partial charge in [0.25, 0.3) is 0 Å². The summed E-state index contributed by atoms with van der Waals surface area (Å²) in [5, 5.41) is 18.6. The van der Waals surface area contributed by atoms with Crippen LogP contribution < -0.4 is 0 Å². The highest BCUT2D eigenvalue weighted by atomic mass is 32.2. The lowest BCUT2D eigenvalue weighted by molar-refractivity contribution is 0.599. The van der Waals surface area contributed by atoms with Crippen LogP contribution in [0.3, 0.4) is 0 Å². The molecule has 1 aliphatic rings. The molecule has 0 spiro atoms. The van der Waals surface area contributed by atoms with E-state index in [1.165, 1.54) is 18.4 Å². The molecule has 0 bridgehead atoms. The first-order chi connectivity index (χ1) is 10.2. The van der Waals surface area contributed by atoms with Gasteiger partial charge in [-0.25, -0.2) is 0 Å². The Morgan fingerprint density at radius 3 is 2.57 bits per heavy atom. The molecule has 0 atom stereocenters. The maximum atomic E-state index is 8.82. The highest BCUT2D eigenvalue weighted by Crippen LogP contribution is 2.40. The van der Waals surface area contributed by atoms with Gasteiger partial charge < -0.3 is 4.57 Å². The molecule has 1 aromatic carbocycles. The smallest absolute Gasteiger partial charge is 0.191 e. The Bertz CT molecular complexity index is 663. The molecular formula is C16H18N4S. The van der Waals surface area contributed by atoms with Crippen LogP contribution in [0.5, 0.6) is 0 Å². The van der Waals surface area contributed by atoms with E-state index in [2.05, 4.69) is 34.7 Å². The van der Waals surface area contributed by atoms with Crippen LogP contribution in [-0.2, 0) is 5.75 Å². The quantitative estimate of drug-likeness (QED) is 0.786. The topological polar surface area (TPSA) is 54.5 Å². The summed E-state index contributed by atoms with van der Waals surface area (Å²) in [4.78, 5) is 0. The van der Waals surface area contributed by atoms with Crippen LogP contribution in [0.2, 0.25) is 0 Å². The van der Waals surface area contributed by atoms with Crippen molar-refractivity contribution in [3.05, 3.63) is 41.2 Å². The number of hydrogen-bond donors (Lipinski definition) is 0. The van der Waals surface area contributed by atoms with Gasteiger partial charge in [0.05, 0.1) is 11.6 Å². The van der Waals surface area contributed by atoms with Crippen molar-refractivity contribution in [1.29, 1.82) is 5.26 Å². The Hall–Kier alpha value is -1.80. The summed E-state index contributed by atoms with van der Waals surface area (Å²) in [6, 6.07) is 10.5. The van der Waals surface area contributed by atoms with Gasteiger partial charge in [-0.1, -0.05) is 37.7 Å². The summed E-state index contributed by atoms with van der Waals surface area (Å²) in [6.45, 7) is 4.33. The molecule has 5 heteroatoms. The zero-order valence-corrected chi connectivity index (χ0v) is 13.1. The van der Waals surface area contributed by atoms with Gasteiger partial charge in [0.1, 0.15) is 5.82 Å². The molecule has 0 saturated heterocycles. The van der Waals surface area contributed by atoms with Crippen LogP contribution in [0.1, 0.15) is 55.6 Å². The molecule has 2 aromatic rings. The molecule has 0 unspecified atom stereocenters. The molecule has 1 aromatic heterocycles. The van der Waals surface area contributed by atoms with E-state index in [4.69, 9.17) is 5.26 Å². The van der Waals surface area contributed by atoms with Crippen molar-refractivity contribution in [2.75, 3.05) is 0 Å². The SMILES string of the molecule is CC(C)c1nnc(SCc2ccc(C#N)cc2)n1C1CC1. The zero-order chi connectivity index (χ0) is 14.8. The molecule has 3 rings (SSSR count). The fourth-order valence-corrected chi connectivity index (χ4v) is 3.25. The van der Waals surface area contributed by atoms with Crippen molar-refractivity contribution in [1.82, 2.24) is 14.8 Å². The maximum Gasteiger partial charge on any atom is 0.191 e. The highest BCUT2D eigenvalue weighted by Gasteiger charge is 2.30. The number of hydrogen-bond acceptors (Lipinski definition) is 4. The Labute approximate surface area is 129 Å². The van der Waals surface area contributed by atoms with Crippen LogP contribution in [0.4, 0.5) is 0 Å². The van der Waals surface area contributed by atoms with E-state index in [9.17, 15) is 0 Å². The lowest BCUT2D eigenvalue weighted by Gasteiger charge is -2.10. The molecule has 0 radical (unpaired) electrons. The summed E-state index contributed by atoms with van der Waals surface area (Å²) < 4.78 is 2.32. The van der Waals surface area contributed by atoms with Gasteiger partial charge >= 0.3 is 0 Å². The minimum Gasteiger partial charge on any atom is -0.303 e. The maximum absolute atomic E-state index is 8.82. The molecule has 108 valence electrons. The van der Waals surface area contributed by atoms with Crippen LogP contribution in [0.15, 0.2) is 29.4 Å². The predicted octanol–water partition coefficient (Wildman–Crippen LogP) is 3.90. The van der Waals surface area contributed by atoms with E-state index >= 15 is 0 Å². The number of rotatable bonds is 5. The van der Waals surface area contributed by atoms with Crippen molar-refractivity contribution >= 4 is 11.8 Å². The number of nitrogens with zero attached hydrogens (tertiary/aromatic N) is 4. The summed E-state index contributed by atoms with van der Waals surface area (Å²) in [6.07, 6.45) is 2.48. The van der Waals surface area contributed by atoms with Gasteiger partial charge in [0.2, 0.25) is 0 Å². The average molecular weight is 298 g/mol. The van der Waals surface area contributed by atoms with Crippen LogP contribution in [-0.4, -0.2) is 14.8 Å². The van der Waals surface area contributed by atoms with Crippen molar-refractivity contribution in [2.24, 2.45) is 0 Å². The third-order valence-corrected chi connectivity index (χ3v) is 4.58. The second-order valence-electron chi connectivity index (χ2n) is 5.69. The summed E-state index contributed by atoms with van der Waals surface area (Å²) >= 11 is 1.73. The minimum absolute atomic E-state index is 0.405. The number of thioether (sulfide) groups is 1. The third-order valence-electron chi connectivity index (χ3n) is 3.57. The molecule has 0 amide bonds. The van der Waals surface area contributed by atoms with E-state index in [0.29, 0.717) is 17.5 Å². The summed E-state index contributed by atoms with van der Waals surface area (Å²) in [5.74, 6) is 2.36. The van der Waals surface area contributed by atoms with E-state index in [1.807, 2.05) is 24.3 Å². The Morgan fingerprint density at radius 1 is 1.29 bits per heavy atom. The Kier molecular flexibility index (Phi) is 3.98. The standard InChI is InChI=1S/C16H18N4S/c1-11(2)15-18-19-16(20(15)14-7-8-14)21-10-13-5-3-12(9-17)4-6-13/h3-6,11,14H,7-8,10H2,1-2H3. The second-order valence-corrected chi connectivity index (χ2v) is 6.64. The summed E-state index contributed by atoms with van der Waals surface area (Å²) in [5.41, 5.74) is 1.91. The van der Waals surface area contributed by atoms with Crippen LogP contribution >= 0.6 is 11.8 Å². The zero-order valence-electron chi connectivity index (χ0n) is 12.3. The lowest BCUT2D eigenvalue weighted by Crippen LogP contribution is -2.04. The fourth-order valence-electron chi connectivity index (χ4n) is 2.28. The number of nitriles is 1. The van der Waals surface area contributed by atoms with E-state index < -0.39 is 0 Å². The fraction of sp³-hybridized carbons (Fsp3) is 0.438. The van der Waals surface area contributed by atoms with Gasteiger partial charge in [0, 0.05) is 17.7 Å².